The molecule has 0 atom stereocenters. The standard InChI is InChI=1S/C75H26N25S25/c1-2-102-52(76-1)29-4-104-54(78-29)31-6-106-56(80-31)33-8-108-58(82-33)35-10-110-60(84-35)37-12-112-62(86-37)39-14-114-64(88-39)41-16-116-66(90-41)43-18-118-68(92-43)45-20-120-70(94-45)47-22-122-72(96-47)49-24-124-74(98-49)51-26-125-75(100-51)50-25-123-73(99-50)48-23-121-71(97-48)46-21-119-69(95-46)44-19-117-67(93-44)42-17-115-65(91-42)40-15-113-63(89-40)38-13-111-61(87-38)36-11-109-59(85-36)34-9-107-57(83-34)32-7-105-55(81-32)30-5-103-53(79-30)28-3-101-27-77-28/h2-27H. The van der Waals surface area contributed by atoms with Crippen LogP contribution in [0.2, 0.25) is 0 Å². The summed E-state index contributed by atoms with van der Waals surface area (Å²) >= 11 is 38.6. The normalized spacial score (nSPS) is 11.8. The first-order chi connectivity index (χ1) is 61.7. The first-order valence-corrected chi connectivity index (χ1v) is 57.5. The molecule has 0 saturated heterocycles. The first-order valence-electron chi connectivity index (χ1n) is 35.5. The predicted octanol–water partition coefficient (Wildman–Crippen LogP) is 27.9. The van der Waals surface area contributed by atoms with Crippen molar-refractivity contribution in [2.24, 2.45) is 0 Å². The van der Waals surface area contributed by atoms with Crippen LogP contribution in [0.25, 0.3) is 257 Å². The third-order valence-electron chi connectivity index (χ3n) is 17.7. The highest BCUT2D eigenvalue weighted by Crippen LogP contribution is 2.47. The van der Waals surface area contributed by atoms with Gasteiger partial charge in [0.25, 0.3) is 0 Å². The third-order valence-corrected chi connectivity index (χ3v) is 38.9. The molecule has 0 aliphatic heterocycles. The molecule has 0 aliphatic carbocycles. The Kier molecular flexibility index (Phi) is 20.7. The lowest BCUT2D eigenvalue weighted by atomic mass is 10.4. The molecular formula is C75H26N25S25. The SMILES string of the molecule is [c]1csc(-c2csc(-c3csc(-c4csc(-c5csc(-c6csc(-c7csc(-c8csc(-c9csc(-c%10csc(-c%11csc(-c%12csc(-c%13csc(-c%14csc(-c%15csc(-c%16csc(-c%17csc(-c%18csc(-c%19csc(-c%20csc(-c%21csc(-c%22csc(-c%23csc(-c%24csc(-c%25cscn%25)n%24)n%23)n%22)n%21)n%20)n%19)n%18)n%17)n%16)n%15)n%14)n%13)n%12)n%11)n%10)n9)n8)n7)n6)n5)n4)n3)n2)n1. The summed E-state index contributed by atoms with van der Waals surface area (Å²) in [5, 5.41) is 70.1. The van der Waals surface area contributed by atoms with Gasteiger partial charge in [0, 0.05) is 135 Å². The molecule has 0 aliphatic rings. The van der Waals surface area contributed by atoms with Gasteiger partial charge in [0.15, 0.2) is 0 Å². The highest BCUT2D eigenvalue weighted by atomic mass is 32.2. The van der Waals surface area contributed by atoms with Crippen LogP contribution in [-0.4, -0.2) is 125 Å². The molecule has 25 heterocycles. The van der Waals surface area contributed by atoms with E-state index in [4.69, 9.17) is 115 Å². The van der Waals surface area contributed by atoms with Crippen LogP contribution in [0.5, 0.6) is 0 Å². The second-order valence-electron chi connectivity index (χ2n) is 25.5. The van der Waals surface area contributed by atoms with Crippen LogP contribution in [-0.2, 0) is 0 Å². The summed E-state index contributed by atoms with van der Waals surface area (Å²) in [6.45, 7) is 0. The Hall–Kier alpha value is -9.25. The van der Waals surface area contributed by atoms with Gasteiger partial charge in [-0.15, -0.1) is 283 Å². The van der Waals surface area contributed by atoms with Crippen LogP contribution in [0.3, 0.4) is 0 Å². The Morgan fingerprint density at radius 2 is 0.248 bits per heavy atom. The topological polar surface area (TPSA) is 322 Å². The maximum absolute atomic E-state index is 5.01. The minimum atomic E-state index is 0.785. The van der Waals surface area contributed by atoms with E-state index in [1.807, 2.05) is 140 Å². The van der Waals surface area contributed by atoms with Crippen molar-refractivity contribution in [1.29, 1.82) is 0 Å². The first kappa shape index (κ1) is 78.0. The van der Waals surface area contributed by atoms with Gasteiger partial charge < -0.3 is 0 Å². The lowest BCUT2D eigenvalue weighted by Gasteiger charge is -1.91. The molecule has 25 nitrogen and oxygen atoms in total. The molecule has 0 saturated carbocycles. The molecule has 1 radical (unpaired) electrons. The number of thiazole rings is 25. The zero-order valence-corrected chi connectivity index (χ0v) is 81.3. The number of hydrogen-bond acceptors (Lipinski definition) is 50. The quantitative estimate of drug-likeness (QED) is 0.0542. The Labute approximate surface area is 800 Å². The van der Waals surface area contributed by atoms with E-state index >= 15 is 0 Å². The zero-order valence-electron chi connectivity index (χ0n) is 60.9. The van der Waals surface area contributed by atoms with Crippen LogP contribution in [0.1, 0.15) is 0 Å². The summed E-state index contributed by atoms with van der Waals surface area (Å²) in [4.78, 5) is 123. The minimum absolute atomic E-state index is 0.785. The van der Waals surface area contributed by atoms with Crippen molar-refractivity contribution in [2.75, 3.05) is 0 Å². The maximum atomic E-state index is 5.01. The van der Waals surface area contributed by atoms with Crippen LogP contribution >= 0.6 is 283 Å². The molecule has 25 aromatic rings. The van der Waals surface area contributed by atoms with Crippen LogP contribution in [0.4, 0.5) is 0 Å². The van der Waals surface area contributed by atoms with E-state index in [2.05, 4.69) is 16.2 Å². The molecule has 601 valence electrons. The number of aromatic nitrogens is 25. The van der Waals surface area contributed by atoms with Crippen molar-refractivity contribution in [1.82, 2.24) is 125 Å². The monoisotopic (exact) mass is 2080 g/mol. The molecule has 25 rings (SSSR count). The molecule has 0 bridgehead atoms. The molecule has 0 unspecified atom stereocenters. The molecule has 0 spiro atoms. The highest BCUT2D eigenvalue weighted by Gasteiger charge is 2.27. The van der Waals surface area contributed by atoms with Gasteiger partial charge >= 0.3 is 0 Å². The Balaban J connectivity index is 0.364. The van der Waals surface area contributed by atoms with E-state index in [0.717, 1.165) is 257 Å². The fraction of sp³-hybridized carbons (Fsp3) is 0. The second-order valence-corrected chi connectivity index (χ2v) is 46.8. The van der Waals surface area contributed by atoms with E-state index < -0.39 is 0 Å². The lowest BCUT2D eigenvalue weighted by Crippen LogP contribution is -1.83. The van der Waals surface area contributed by atoms with Crippen molar-refractivity contribution in [3.63, 3.8) is 0 Å². The molecular weight excluding hydrogens is 2050 g/mol. The molecule has 0 N–H and O–H groups in total. The van der Waals surface area contributed by atoms with Crippen molar-refractivity contribution >= 4 is 283 Å². The average Bonchev–Trinajstić information content (AvgIpc) is 1.65. The Morgan fingerprint density at radius 1 is 0.128 bits per heavy atom. The van der Waals surface area contributed by atoms with E-state index in [0.29, 0.717) is 0 Å². The van der Waals surface area contributed by atoms with Gasteiger partial charge in [-0.2, -0.15) is 0 Å². The average molecular weight is 2080 g/mol. The smallest absolute Gasteiger partial charge is 0.143 e. The van der Waals surface area contributed by atoms with Gasteiger partial charge in [-0.1, -0.05) is 0 Å². The zero-order chi connectivity index (χ0) is 82.2. The summed E-state index contributed by atoms with van der Waals surface area (Å²) in [5.41, 5.74) is 21.1. The summed E-state index contributed by atoms with van der Waals surface area (Å²) in [6, 6.07) is 0. The predicted molar refractivity (Wildman–Crippen MR) is 528 cm³/mol. The van der Waals surface area contributed by atoms with Crippen molar-refractivity contribution < 1.29 is 0 Å². The third kappa shape index (κ3) is 15.4. The second kappa shape index (κ2) is 33.1. The van der Waals surface area contributed by atoms with Gasteiger partial charge in [-0.3, -0.25) is 0 Å². The van der Waals surface area contributed by atoms with Crippen LogP contribution in [0, 0.1) is 6.20 Å². The largest absolute Gasteiger partial charge is 0.242 e. The fourth-order valence-electron chi connectivity index (χ4n) is 11.9. The summed E-state index contributed by atoms with van der Waals surface area (Å²) in [7, 11) is 0. The van der Waals surface area contributed by atoms with Crippen molar-refractivity contribution in [2.45, 2.75) is 0 Å². The molecule has 50 heteroatoms. The molecule has 0 fully saturated rings. The van der Waals surface area contributed by atoms with E-state index in [1.54, 1.807) is 136 Å². The van der Waals surface area contributed by atoms with E-state index in [-0.39, 0.29) is 0 Å². The van der Waals surface area contributed by atoms with Gasteiger partial charge in [-0.05, 0) is 0 Å². The molecule has 125 heavy (non-hydrogen) atoms. The van der Waals surface area contributed by atoms with Crippen LogP contribution in [0.15, 0.2) is 140 Å². The fourth-order valence-corrected chi connectivity index (χ4v) is 32.3. The van der Waals surface area contributed by atoms with E-state index in [1.165, 1.54) is 147 Å². The summed E-state index contributed by atoms with van der Waals surface area (Å²) in [6.07, 6.45) is 2.87. The van der Waals surface area contributed by atoms with Gasteiger partial charge in [0.1, 0.15) is 263 Å². The number of rotatable bonds is 24. The van der Waals surface area contributed by atoms with Gasteiger partial charge in [0.2, 0.25) is 0 Å². The Morgan fingerprint density at radius 3 is 0.352 bits per heavy atom. The summed E-state index contributed by atoms with van der Waals surface area (Å²) < 4.78 is 0. The number of nitrogens with zero attached hydrogens (tertiary/aromatic N) is 25. The van der Waals surface area contributed by atoms with Crippen LogP contribution < -0.4 is 0 Å². The van der Waals surface area contributed by atoms with Gasteiger partial charge in [0.05, 0.1) is 5.51 Å². The van der Waals surface area contributed by atoms with E-state index in [9.17, 15) is 0 Å². The maximum Gasteiger partial charge on any atom is 0.143 e. The lowest BCUT2D eigenvalue weighted by molar-refractivity contribution is 1.28. The molecule has 0 aromatic carbocycles. The highest BCUT2D eigenvalue weighted by molar-refractivity contribution is 7.23. The molecule has 25 aromatic heterocycles. The minimum Gasteiger partial charge on any atom is -0.242 e. The van der Waals surface area contributed by atoms with Crippen molar-refractivity contribution in [3.8, 4) is 257 Å². The Bertz CT molecular complexity index is 7500. The summed E-state index contributed by atoms with van der Waals surface area (Å²) in [5.74, 6) is 0. The van der Waals surface area contributed by atoms with Crippen molar-refractivity contribution in [3.05, 3.63) is 146 Å². The molecule has 0 amide bonds. The van der Waals surface area contributed by atoms with Gasteiger partial charge in [-0.25, -0.2) is 125 Å². The number of hydrogen-bond donors (Lipinski definition) is 0.